The van der Waals surface area contributed by atoms with Crippen molar-refractivity contribution >= 4 is 0 Å². The van der Waals surface area contributed by atoms with Gasteiger partial charge in [0.2, 0.25) is 0 Å². The van der Waals surface area contributed by atoms with Crippen LogP contribution in [0.4, 0.5) is 70.5 Å². The molecule has 1 aliphatic carbocycles. The van der Waals surface area contributed by atoms with Crippen LogP contribution >= 0.6 is 0 Å². The van der Waals surface area contributed by atoms with Crippen molar-refractivity contribution in [3.63, 3.8) is 0 Å². The molecule has 18 heteroatoms. The molecule has 0 bridgehead atoms. The lowest BCUT2D eigenvalue weighted by atomic mass is 9.64. The lowest BCUT2D eigenvalue weighted by Crippen LogP contribution is -2.91. The Labute approximate surface area is 129 Å². The standard InChI is InChI=1S/C8F16O2/c9-1(7(19,20)25-23)2(10,8(21,22)26-24)4(13,14)6(17,18)5(15,16)3(1,11)12. The fraction of sp³-hybridized carbons (Fsp3) is 1.00. The van der Waals surface area contributed by atoms with Crippen molar-refractivity contribution in [2.75, 3.05) is 0 Å². The second-order valence-corrected chi connectivity index (χ2v) is 4.80. The lowest BCUT2D eigenvalue weighted by Gasteiger charge is -2.56. The van der Waals surface area contributed by atoms with Gasteiger partial charge in [-0.15, -0.1) is 9.88 Å². The summed E-state index contributed by atoms with van der Waals surface area (Å²) in [7, 11) is 0. The fourth-order valence-corrected chi connectivity index (χ4v) is 2.13. The topological polar surface area (TPSA) is 18.5 Å². The Kier molecular flexibility index (Phi) is 4.56. The maximum absolute atomic E-state index is 13.9. The predicted octanol–water partition coefficient (Wildman–Crippen LogP) is 4.95. The Morgan fingerprint density at radius 1 is 0.423 bits per heavy atom. The third-order valence-corrected chi connectivity index (χ3v) is 3.52. The molecule has 0 aromatic rings. The van der Waals surface area contributed by atoms with Crippen molar-refractivity contribution < 1.29 is 80.4 Å². The van der Waals surface area contributed by atoms with Crippen molar-refractivity contribution in [1.29, 1.82) is 0 Å². The van der Waals surface area contributed by atoms with Crippen molar-refractivity contribution in [2.45, 2.75) is 47.2 Å². The summed E-state index contributed by atoms with van der Waals surface area (Å²) in [6.07, 6.45) is -15.5. The van der Waals surface area contributed by atoms with Crippen LogP contribution in [0.1, 0.15) is 0 Å². The summed E-state index contributed by atoms with van der Waals surface area (Å²) in [6.45, 7) is 0. The van der Waals surface area contributed by atoms with E-state index in [0.29, 0.717) is 0 Å². The Bertz CT molecular complexity index is 523. The molecule has 2 nitrogen and oxygen atoms in total. The zero-order valence-electron chi connectivity index (χ0n) is 10.9. The van der Waals surface area contributed by atoms with E-state index in [1.165, 1.54) is 0 Å². The number of hydrogen-bond donors (Lipinski definition) is 0. The molecule has 1 rings (SSSR count). The van der Waals surface area contributed by atoms with Gasteiger partial charge in [-0.3, -0.25) is 0 Å². The van der Waals surface area contributed by atoms with Crippen LogP contribution in [0.5, 0.6) is 0 Å². The molecule has 0 aromatic heterocycles. The SMILES string of the molecule is FOC(F)(F)C1(F)C(F)(F)C(F)(F)C(F)(F)C(F)(F)C1(F)C(F)(F)OF. The van der Waals surface area contributed by atoms with Crippen LogP contribution in [0, 0.1) is 0 Å². The average Bonchev–Trinajstić information content (AvgIpc) is 2.50. The van der Waals surface area contributed by atoms with Crippen LogP contribution in [0.2, 0.25) is 0 Å². The largest absolute Gasteiger partial charge is 0.429 e. The molecule has 1 saturated carbocycles. The van der Waals surface area contributed by atoms with E-state index >= 15 is 0 Å². The van der Waals surface area contributed by atoms with Crippen LogP contribution in [0.15, 0.2) is 0 Å². The molecule has 0 saturated heterocycles. The van der Waals surface area contributed by atoms with E-state index in [-0.39, 0.29) is 0 Å². The highest BCUT2D eigenvalue weighted by Gasteiger charge is 3.09. The van der Waals surface area contributed by atoms with Crippen LogP contribution < -0.4 is 0 Å². The van der Waals surface area contributed by atoms with Gasteiger partial charge in [-0.1, -0.05) is 0 Å². The van der Waals surface area contributed by atoms with Crippen molar-refractivity contribution in [2.24, 2.45) is 0 Å². The van der Waals surface area contributed by atoms with Gasteiger partial charge in [0.1, 0.15) is 0 Å². The maximum atomic E-state index is 13.9. The minimum Gasteiger partial charge on any atom is -0.223 e. The van der Waals surface area contributed by atoms with Crippen LogP contribution in [-0.2, 0) is 9.88 Å². The van der Waals surface area contributed by atoms with E-state index in [1.807, 2.05) is 0 Å². The van der Waals surface area contributed by atoms with Crippen molar-refractivity contribution in [1.82, 2.24) is 0 Å². The molecule has 156 valence electrons. The second-order valence-electron chi connectivity index (χ2n) is 4.80. The Balaban J connectivity index is 4.24. The van der Waals surface area contributed by atoms with Crippen LogP contribution in [-0.4, -0.2) is 47.2 Å². The van der Waals surface area contributed by atoms with Gasteiger partial charge in [0.05, 0.1) is 0 Å². The smallest absolute Gasteiger partial charge is 0.223 e. The number of hydrogen-bond acceptors (Lipinski definition) is 2. The fourth-order valence-electron chi connectivity index (χ4n) is 2.13. The minimum absolute atomic E-state index is 0.954. The number of alkyl halides is 14. The summed E-state index contributed by atoms with van der Waals surface area (Å²) in [5, 5.41) is 0. The molecule has 0 amide bonds. The van der Waals surface area contributed by atoms with Gasteiger partial charge in [0.25, 0.3) is 0 Å². The molecule has 2 atom stereocenters. The van der Waals surface area contributed by atoms with Gasteiger partial charge in [0.15, 0.2) is 0 Å². The molecule has 1 aliphatic rings. The molecule has 1 fully saturated rings. The van der Waals surface area contributed by atoms with Gasteiger partial charge < -0.3 is 0 Å². The predicted molar refractivity (Wildman–Crippen MR) is 41.7 cm³/mol. The van der Waals surface area contributed by atoms with E-state index in [4.69, 9.17) is 0 Å². The van der Waals surface area contributed by atoms with Crippen molar-refractivity contribution in [3.8, 4) is 0 Å². The molecule has 0 heterocycles. The summed E-state index contributed by atoms with van der Waals surface area (Å²) >= 11 is 0. The zero-order valence-corrected chi connectivity index (χ0v) is 10.9. The third-order valence-electron chi connectivity index (χ3n) is 3.52. The van der Waals surface area contributed by atoms with Gasteiger partial charge in [-0.25, -0.2) is 8.78 Å². The molecule has 0 N–H and O–H groups in total. The highest BCUT2D eigenvalue weighted by atomic mass is 19.4. The lowest BCUT2D eigenvalue weighted by molar-refractivity contribution is -0.565. The van der Waals surface area contributed by atoms with Crippen molar-refractivity contribution in [3.05, 3.63) is 0 Å². The quantitative estimate of drug-likeness (QED) is 0.586. The monoisotopic (exact) mass is 432 g/mol. The van der Waals surface area contributed by atoms with E-state index < -0.39 is 47.2 Å². The molecule has 26 heavy (non-hydrogen) atoms. The zero-order chi connectivity index (χ0) is 21.4. The van der Waals surface area contributed by atoms with Gasteiger partial charge in [-0.2, -0.15) is 52.7 Å². The highest BCUT2D eigenvalue weighted by molar-refractivity contribution is 5.33. The summed E-state index contributed by atoms with van der Waals surface area (Å²) in [6, 6.07) is 0. The molecular weight excluding hydrogens is 432 g/mol. The maximum Gasteiger partial charge on any atom is 0.429 e. The molecule has 0 aliphatic heterocycles. The van der Waals surface area contributed by atoms with Gasteiger partial charge >= 0.3 is 47.2 Å². The van der Waals surface area contributed by atoms with Crippen LogP contribution in [0.25, 0.3) is 0 Å². The van der Waals surface area contributed by atoms with E-state index in [2.05, 4.69) is 0 Å². The molecule has 0 spiro atoms. The normalized spacial score (nSPS) is 36.0. The molecule has 0 aromatic carbocycles. The first kappa shape index (κ1) is 22.8. The van der Waals surface area contributed by atoms with Gasteiger partial charge in [0, 0.05) is 0 Å². The summed E-state index contributed by atoms with van der Waals surface area (Å²) in [4.78, 5) is 1.91. The molecule has 2 unspecified atom stereocenters. The first-order chi connectivity index (χ1) is 11.1. The minimum atomic E-state index is -8.34. The summed E-state index contributed by atoms with van der Waals surface area (Å²) in [5.41, 5.74) is -16.7. The van der Waals surface area contributed by atoms with Crippen LogP contribution in [0.3, 0.4) is 0 Å². The Hall–Kier alpha value is -1.20. The summed E-state index contributed by atoms with van der Waals surface area (Å²) in [5.74, 6) is -32.6. The number of halogens is 16. The van der Waals surface area contributed by atoms with E-state index in [9.17, 15) is 70.5 Å². The first-order valence-electron chi connectivity index (χ1n) is 5.36. The number of rotatable bonds is 4. The molecular formula is C8F16O2. The molecule has 0 radical (unpaired) electrons. The van der Waals surface area contributed by atoms with E-state index in [0.717, 1.165) is 9.88 Å². The third kappa shape index (κ3) is 1.84. The Morgan fingerprint density at radius 3 is 0.769 bits per heavy atom. The van der Waals surface area contributed by atoms with Gasteiger partial charge in [-0.05, 0) is 9.05 Å². The first-order valence-corrected chi connectivity index (χ1v) is 5.36. The Morgan fingerprint density at radius 2 is 0.615 bits per heavy atom. The summed E-state index contributed by atoms with van der Waals surface area (Å²) < 4.78 is 208. The highest BCUT2D eigenvalue weighted by Crippen LogP contribution is 2.74. The average molecular weight is 432 g/mol. The van der Waals surface area contributed by atoms with E-state index in [1.54, 1.807) is 0 Å². The second kappa shape index (κ2) is 5.20.